The van der Waals surface area contributed by atoms with E-state index in [1.807, 2.05) is 0 Å². The number of hydrogen-bond donors (Lipinski definition) is 0. The van der Waals surface area contributed by atoms with Crippen LogP contribution in [0.2, 0.25) is 0 Å². The van der Waals surface area contributed by atoms with Gasteiger partial charge in [-0.05, 0) is 12.8 Å². The lowest BCUT2D eigenvalue weighted by Gasteiger charge is -1.96. The molecular weight excluding hydrogens is 180 g/mol. The first-order valence-corrected chi connectivity index (χ1v) is 4.47. The summed E-state index contributed by atoms with van der Waals surface area (Å²) >= 11 is 3.37. The first kappa shape index (κ1) is 9.44. The third kappa shape index (κ3) is 8.44. The average molecular weight is 194 g/mol. The van der Waals surface area contributed by atoms with E-state index in [-0.39, 0.29) is 0 Å². The van der Waals surface area contributed by atoms with Gasteiger partial charge < -0.3 is 4.74 Å². The summed E-state index contributed by atoms with van der Waals surface area (Å²) in [5, 5.41) is 1.12. The molecule has 2 heteroatoms. The Morgan fingerprint density at radius 1 is 1.11 bits per heavy atom. The van der Waals surface area contributed by atoms with E-state index >= 15 is 0 Å². The summed E-state index contributed by atoms with van der Waals surface area (Å²) in [5.41, 5.74) is 0. The smallest absolute Gasteiger partial charge is 0.0700 e. The number of hydrogen-bond acceptors (Lipinski definition) is 1. The van der Waals surface area contributed by atoms with Crippen LogP contribution in [0.25, 0.3) is 0 Å². The molecule has 55 valence electrons. The Bertz CT molecular complexity index is 42.2. The molecule has 0 aliphatic rings. The van der Waals surface area contributed by atoms with E-state index in [2.05, 4.69) is 27.8 Å². The van der Waals surface area contributed by atoms with Crippen molar-refractivity contribution in [2.24, 2.45) is 0 Å². The number of alkyl halides is 1. The van der Waals surface area contributed by atoms with Gasteiger partial charge in [-0.25, -0.2) is 0 Å². The Hall–Kier alpha value is 0.440. The number of ether oxygens (including phenoxy) is 1. The summed E-state index contributed by atoms with van der Waals surface area (Å²) in [6, 6.07) is 0. The Kier molecular flexibility index (Phi) is 8.85. The lowest BCUT2D eigenvalue weighted by molar-refractivity contribution is 0.234. The SMILES string of the molecule is [CH2]OCCCCCCBr. The van der Waals surface area contributed by atoms with Crippen LogP contribution in [0.1, 0.15) is 25.7 Å². The first-order chi connectivity index (χ1) is 4.41. The molecule has 0 atom stereocenters. The van der Waals surface area contributed by atoms with E-state index < -0.39 is 0 Å². The summed E-state index contributed by atoms with van der Waals surface area (Å²) < 4.78 is 4.66. The Morgan fingerprint density at radius 2 is 1.78 bits per heavy atom. The molecule has 1 nitrogen and oxygen atoms in total. The topological polar surface area (TPSA) is 9.23 Å². The lowest BCUT2D eigenvalue weighted by Crippen LogP contribution is -1.86. The molecule has 0 aromatic carbocycles. The fourth-order valence-corrected chi connectivity index (χ4v) is 1.05. The minimum absolute atomic E-state index is 0.808. The summed E-state index contributed by atoms with van der Waals surface area (Å²) in [6.07, 6.45) is 4.99. The van der Waals surface area contributed by atoms with Crippen molar-refractivity contribution in [2.45, 2.75) is 25.7 Å². The highest BCUT2D eigenvalue weighted by atomic mass is 79.9. The molecule has 0 saturated heterocycles. The van der Waals surface area contributed by atoms with Gasteiger partial charge in [-0.1, -0.05) is 28.8 Å². The van der Waals surface area contributed by atoms with Crippen LogP contribution in [-0.2, 0) is 4.74 Å². The van der Waals surface area contributed by atoms with Crippen molar-refractivity contribution in [3.05, 3.63) is 7.11 Å². The van der Waals surface area contributed by atoms with E-state index in [1.54, 1.807) is 0 Å². The first-order valence-electron chi connectivity index (χ1n) is 3.34. The largest absolute Gasteiger partial charge is 0.379 e. The van der Waals surface area contributed by atoms with Crippen molar-refractivity contribution in [3.8, 4) is 0 Å². The molecule has 0 aliphatic heterocycles. The molecule has 0 rings (SSSR count). The van der Waals surface area contributed by atoms with Crippen molar-refractivity contribution in [1.82, 2.24) is 0 Å². The van der Waals surface area contributed by atoms with Crippen LogP contribution in [0.3, 0.4) is 0 Å². The second-order valence-electron chi connectivity index (χ2n) is 2.01. The number of halogens is 1. The summed E-state index contributed by atoms with van der Waals surface area (Å²) in [7, 11) is 3.29. The van der Waals surface area contributed by atoms with Gasteiger partial charge in [-0.15, -0.1) is 0 Å². The summed E-state index contributed by atoms with van der Waals surface area (Å²) in [5.74, 6) is 0. The number of rotatable bonds is 6. The van der Waals surface area contributed by atoms with Crippen LogP contribution in [0.15, 0.2) is 0 Å². The monoisotopic (exact) mass is 193 g/mol. The predicted octanol–water partition coefficient (Wildman–Crippen LogP) is 2.75. The van der Waals surface area contributed by atoms with Crippen molar-refractivity contribution in [3.63, 3.8) is 0 Å². The molecule has 0 amide bonds. The van der Waals surface area contributed by atoms with Crippen molar-refractivity contribution >= 4 is 15.9 Å². The Morgan fingerprint density at radius 3 is 2.33 bits per heavy atom. The molecule has 0 aliphatic carbocycles. The molecule has 0 saturated carbocycles. The fourth-order valence-electron chi connectivity index (χ4n) is 0.652. The van der Waals surface area contributed by atoms with E-state index in [1.165, 1.54) is 19.3 Å². The summed E-state index contributed by atoms with van der Waals surface area (Å²) in [4.78, 5) is 0. The van der Waals surface area contributed by atoms with Crippen LogP contribution >= 0.6 is 15.9 Å². The molecular formula is C7H14BrO. The second-order valence-corrected chi connectivity index (χ2v) is 2.80. The molecule has 0 bridgehead atoms. The minimum Gasteiger partial charge on any atom is -0.379 e. The highest BCUT2D eigenvalue weighted by Gasteiger charge is 1.86. The highest BCUT2D eigenvalue weighted by molar-refractivity contribution is 9.09. The lowest BCUT2D eigenvalue weighted by atomic mass is 10.2. The molecule has 0 aromatic heterocycles. The van der Waals surface area contributed by atoms with Gasteiger partial charge in [0.25, 0.3) is 0 Å². The van der Waals surface area contributed by atoms with Gasteiger partial charge in [0.2, 0.25) is 0 Å². The molecule has 9 heavy (non-hydrogen) atoms. The second kappa shape index (κ2) is 8.44. The quantitative estimate of drug-likeness (QED) is 0.466. The van der Waals surface area contributed by atoms with Gasteiger partial charge >= 0.3 is 0 Å². The standard InChI is InChI=1S/C7H14BrO/c1-9-7-5-3-2-4-6-8/h1-7H2. The molecule has 0 spiro atoms. The van der Waals surface area contributed by atoms with Crippen molar-refractivity contribution < 1.29 is 4.74 Å². The Labute approximate surface area is 65.9 Å². The normalized spacial score (nSPS) is 10.0. The average Bonchev–Trinajstić information content (AvgIpc) is 1.89. The minimum atomic E-state index is 0.808. The van der Waals surface area contributed by atoms with E-state index in [0.717, 1.165) is 18.4 Å². The third-order valence-corrected chi connectivity index (χ3v) is 1.73. The van der Waals surface area contributed by atoms with Gasteiger partial charge in [0.05, 0.1) is 7.11 Å². The molecule has 0 aromatic rings. The fraction of sp³-hybridized carbons (Fsp3) is 0.857. The van der Waals surface area contributed by atoms with Gasteiger partial charge in [-0.3, -0.25) is 0 Å². The third-order valence-electron chi connectivity index (χ3n) is 1.17. The van der Waals surface area contributed by atoms with Crippen molar-refractivity contribution in [1.29, 1.82) is 0 Å². The zero-order chi connectivity index (χ0) is 6.95. The van der Waals surface area contributed by atoms with Gasteiger partial charge in [0.1, 0.15) is 0 Å². The number of unbranched alkanes of at least 4 members (excludes halogenated alkanes) is 3. The maximum atomic E-state index is 4.66. The molecule has 0 fully saturated rings. The van der Waals surface area contributed by atoms with Gasteiger partial charge in [0.15, 0.2) is 0 Å². The summed E-state index contributed by atoms with van der Waals surface area (Å²) in [6.45, 7) is 0.808. The van der Waals surface area contributed by atoms with Crippen LogP contribution in [0.4, 0.5) is 0 Å². The van der Waals surface area contributed by atoms with E-state index in [4.69, 9.17) is 0 Å². The van der Waals surface area contributed by atoms with Crippen molar-refractivity contribution in [2.75, 3.05) is 11.9 Å². The van der Waals surface area contributed by atoms with Crippen LogP contribution in [-0.4, -0.2) is 11.9 Å². The van der Waals surface area contributed by atoms with Crippen LogP contribution < -0.4 is 0 Å². The predicted molar refractivity (Wildman–Crippen MR) is 43.6 cm³/mol. The zero-order valence-electron chi connectivity index (χ0n) is 5.74. The highest BCUT2D eigenvalue weighted by Crippen LogP contribution is 2.01. The molecule has 0 unspecified atom stereocenters. The maximum Gasteiger partial charge on any atom is 0.0700 e. The van der Waals surface area contributed by atoms with Gasteiger partial charge in [0, 0.05) is 11.9 Å². The zero-order valence-corrected chi connectivity index (χ0v) is 7.32. The maximum absolute atomic E-state index is 4.66. The molecule has 0 N–H and O–H groups in total. The molecule has 0 heterocycles. The Balaban J connectivity index is 2.60. The van der Waals surface area contributed by atoms with Gasteiger partial charge in [-0.2, -0.15) is 0 Å². The van der Waals surface area contributed by atoms with Crippen LogP contribution in [0, 0.1) is 7.11 Å². The van der Waals surface area contributed by atoms with Crippen LogP contribution in [0.5, 0.6) is 0 Å². The van der Waals surface area contributed by atoms with E-state index in [9.17, 15) is 0 Å². The molecule has 1 radical (unpaired) electrons. The van der Waals surface area contributed by atoms with E-state index in [0.29, 0.717) is 0 Å².